The van der Waals surface area contributed by atoms with E-state index in [-0.39, 0.29) is 37.0 Å². The lowest BCUT2D eigenvalue weighted by Crippen LogP contribution is -2.51. The summed E-state index contributed by atoms with van der Waals surface area (Å²) in [6.07, 6.45) is 0.481. The first-order valence-corrected chi connectivity index (χ1v) is 8.75. The van der Waals surface area contributed by atoms with Gasteiger partial charge in [0.15, 0.2) is 6.61 Å². The van der Waals surface area contributed by atoms with Crippen LogP contribution in [0, 0.1) is 0 Å². The SMILES string of the molecule is CC(=O)CCC(=O)N1CCN(C(=O)COc2ccc(Cl)cc2Cl)CC1. The molecule has 0 radical (unpaired) electrons. The number of ether oxygens (including phenoxy) is 1. The van der Waals surface area contributed by atoms with Crippen LogP contribution in [0.1, 0.15) is 19.8 Å². The van der Waals surface area contributed by atoms with Crippen molar-refractivity contribution in [3.63, 3.8) is 0 Å². The number of carbonyl (C=O) groups is 3. The highest BCUT2D eigenvalue weighted by molar-refractivity contribution is 6.35. The van der Waals surface area contributed by atoms with Gasteiger partial charge in [0.25, 0.3) is 5.91 Å². The van der Waals surface area contributed by atoms with Crippen LogP contribution in [-0.4, -0.2) is 60.2 Å². The van der Waals surface area contributed by atoms with E-state index in [1.54, 1.807) is 28.0 Å². The van der Waals surface area contributed by atoms with E-state index >= 15 is 0 Å². The molecule has 0 unspecified atom stereocenters. The standard InChI is InChI=1S/C17H20Cl2N2O4/c1-12(22)2-5-16(23)20-6-8-21(9-7-20)17(24)11-25-15-4-3-13(18)10-14(15)19/h3-4,10H,2,5-9,11H2,1H3. The second kappa shape index (κ2) is 9.06. The Morgan fingerprint density at radius 2 is 1.60 bits per heavy atom. The molecular formula is C17H20Cl2N2O4. The van der Waals surface area contributed by atoms with E-state index in [0.717, 1.165) is 0 Å². The van der Waals surface area contributed by atoms with Crippen molar-refractivity contribution in [2.24, 2.45) is 0 Å². The van der Waals surface area contributed by atoms with Crippen molar-refractivity contribution in [2.75, 3.05) is 32.8 Å². The van der Waals surface area contributed by atoms with Crippen LogP contribution in [-0.2, 0) is 14.4 Å². The average Bonchev–Trinajstić information content (AvgIpc) is 2.58. The van der Waals surface area contributed by atoms with E-state index in [1.807, 2.05) is 0 Å². The second-order valence-corrected chi connectivity index (χ2v) is 6.67. The van der Waals surface area contributed by atoms with Gasteiger partial charge in [-0.05, 0) is 25.1 Å². The Bertz CT molecular complexity index is 658. The maximum absolute atomic E-state index is 12.2. The Balaban J connectivity index is 1.77. The lowest BCUT2D eigenvalue weighted by molar-refractivity contribution is -0.141. The minimum atomic E-state index is -0.165. The zero-order valence-electron chi connectivity index (χ0n) is 14.0. The van der Waals surface area contributed by atoms with E-state index in [1.165, 1.54) is 6.92 Å². The molecule has 1 fully saturated rings. The van der Waals surface area contributed by atoms with E-state index in [2.05, 4.69) is 0 Å². The molecule has 25 heavy (non-hydrogen) atoms. The average molecular weight is 387 g/mol. The predicted octanol–water partition coefficient (Wildman–Crippen LogP) is 2.41. The number of Topliss-reactive ketones (excluding diaryl/α,β-unsaturated/α-hetero) is 1. The molecule has 1 aromatic rings. The van der Waals surface area contributed by atoms with Gasteiger partial charge in [-0.3, -0.25) is 9.59 Å². The molecule has 1 aliphatic rings. The fraction of sp³-hybridized carbons (Fsp3) is 0.471. The number of rotatable bonds is 6. The number of halogens is 2. The Morgan fingerprint density at radius 3 is 2.16 bits per heavy atom. The molecule has 0 aromatic heterocycles. The molecule has 2 rings (SSSR count). The molecule has 0 bridgehead atoms. The van der Waals surface area contributed by atoms with Gasteiger partial charge in [0.2, 0.25) is 5.91 Å². The van der Waals surface area contributed by atoms with Crippen LogP contribution in [0.25, 0.3) is 0 Å². The minimum absolute atomic E-state index is 0.000160. The quantitative estimate of drug-likeness (QED) is 0.752. The largest absolute Gasteiger partial charge is 0.482 e. The van der Waals surface area contributed by atoms with Gasteiger partial charge in [0.1, 0.15) is 11.5 Å². The van der Waals surface area contributed by atoms with Gasteiger partial charge < -0.3 is 19.3 Å². The normalized spacial score (nSPS) is 14.4. The van der Waals surface area contributed by atoms with E-state index in [0.29, 0.717) is 42.0 Å². The van der Waals surface area contributed by atoms with Crippen molar-refractivity contribution in [1.29, 1.82) is 0 Å². The smallest absolute Gasteiger partial charge is 0.260 e. The highest BCUT2D eigenvalue weighted by atomic mass is 35.5. The Hall–Kier alpha value is -1.79. The molecule has 0 aliphatic carbocycles. The fourth-order valence-electron chi connectivity index (χ4n) is 2.47. The molecule has 1 aromatic carbocycles. The monoisotopic (exact) mass is 386 g/mol. The predicted molar refractivity (Wildman–Crippen MR) is 95.0 cm³/mol. The van der Waals surface area contributed by atoms with E-state index in [9.17, 15) is 14.4 Å². The summed E-state index contributed by atoms with van der Waals surface area (Å²) in [6, 6.07) is 4.80. The number of ketones is 1. The second-order valence-electron chi connectivity index (χ2n) is 5.83. The van der Waals surface area contributed by atoms with Gasteiger partial charge in [-0.1, -0.05) is 23.2 Å². The van der Waals surface area contributed by atoms with Gasteiger partial charge in [-0.25, -0.2) is 0 Å². The summed E-state index contributed by atoms with van der Waals surface area (Å²) in [5.74, 6) is 0.186. The number of carbonyl (C=O) groups excluding carboxylic acids is 3. The number of benzene rings is 1. The van der Waals surface area contributed by atoms with Crippen molar-refractivity contribution in [1.82, 2.24) is 9.80 Å². The number of hydrogen-bond donors (Lipinski definition) is 0. The number of nitrogens with zero attached hydrogens (tertiary/aromatic N) is 2. The zero-order chi connectivity index (χ0) is 18.4. The van der Waals surface area contributed by atoms with E-state index in [4.69, 9.17) is 27.9 Å². The van der Waals surface area contributed by atoms with Crippen LogP contribution in [0.2, 0.25) is 10.0 Å². The number of piperazine rings is 1. The highest BCUT2D eigenvalue weighted by Gasteiger charge is 2.24. The third kappa shape index (κ3) is 5.90. The summed E-state index contributed by atoms with van der Waals surface area (Å²) < 4.78 is 5.45. The van der Waals surface area contributed by atoms with Gasteiger partial charge in [-0.15, -0.1) is 0 Å². The maximum Gasteiger partial charge on any atom is 0.260 e. The molecular weight excluding hydrogens is 367 g/mol. The summed E-state index contributed by atoms with van der Waals surface area (Å²) >= 11 is 11.8. The van der Waals surface area contributed by atoms with E-state index < -0.39 is 0 Å². The molecule has 0 saturated carbocycles. The van der Waals surface area contributed by atoms with Crippen molar-refractivity contribution in [3.05, 3.63) is 28.2 Å². The third-order valence-electron chi connectivity index (χ3n) is 3.92. The molecule has 6 nitrogen and oxygen atoms in total. The van der Waals surface area contributed by atoms with Crippen LogP contribution in [0.15, 0.2) is 18.2 Å². The molecule has 0 N–H and O–H groups in total. The Kier molecular flexibility index (Phi) is 7.08. The van der Waals surface area contributed by atoms with Crippen molar-refractivity contribution < 1.29 is 19.1 Å². The highest BCUT2D eigenvalue weighted by Crippen LogP contribution is 2.27. The lowest BCUT2D eigenvalue weighted by atomic mass is 10.2. The fourth-order valence-corrected chi connectivity index (χ4v) is 2.93. The summed E-state index contributed by atoms with van der Waals surface area (Å²) in [5, 5.41) is 0.843. The van der Waals surface area contributed by atoms with Crippen LogP contribution in [0.4, 0.5) is 0 Å². The van der Waals surface area contributed by atoms with Crippen molar-refractivity contribution in [2.45, 2.75) is 19.8 Å². The first kappa shape index (κ1) is 19.5. The molecule has 8 heteroatoms. The third-order valence-corrected chi connectivity index (χ3v) is 4.45. The summed E-state index contributed by atoms with van der Waals surface area (Å²) in [4.78, 5) is 38.5. The van der Waals surface area contributed by atoms with Gasteiger partial charge >= 0.3 is 0 Å². The molecule has 0 atom stereocenters. The summed E-state index contributed by atoms with van der Waals surface area (Å²) in [5.41, 5.74) is 0. The van der Waals surface area contributed by atoms with Gasteiger partial charge in [0, 0.05) is 44.0 Å². The Morgan fingerprint density at radius 1 is 1.00 bits per heavy atom. The molecule has 1 aliphatic heterocycles. The number of amides is 2. The molecule has 136 valence electrons. The van der Waals surface area contributed by atoms with Crippen LogP contribution in [0.3, 0.4) is 0 Å². The van der Waals surface area contributed by atoms with Crippen LogP contribution in [0.5, 0.6) is 5.75 Å². The first-order chi connectivity index (χ1) is 11.9. The first-order valence-electron chi connectivity index (χ1n) is 7.99. The van der Waals surface area contributed by atoms with Crippen LogP contribution >= 0.6 is 23.2 Å². The van der Waals surface area contributed by atoms with Crippen molar-refractivity contribution in [3.8, 4) is 5.75 Å². The lowest BCUT2D eigenvalue weighted by Gasteiger charge is -2.34. The molecule has 1 saturated heterocycles. The summed E-state index contributed by atoms with van der Waals surface area (Å²) in [6.45, 7) is 3.16. The van der Waals surface area contributed by atoms with Crippen LogP contribution < -0.4 is 4.74 Å². The van der Waals surface area contributed by atoms with Gasteiger partial charge in [-0.2, -0.15) is 0 Å². The molecule has 2 amide bonds. The van der Waals surface area contributed by atoms with Crippen molar-refractivity contribution >= 4 is 40.8 Å². The minimum Gasteiger partial charge on any atom is -0.482 e. The zero-order valence-corrected chi connectivity index (χ0v) is 15.5. The Labute approximate surface area is 156 Å². The number of hydrogen-bond acceptors (Lipinski definition) is 4. The maximum atomic E-state index is 12.2. The summed E-state index contributed by atoms with van der Waals surface area (Å²) in [7, 11) is 0. The molecule has 1 heterocycles. The van der Waals surface area contributed by atoms with Gasteiger partial charge in [0.05, 0.1) is 5.02 Å². The molecule has 0 spiro atoms. The topological polar surface area (TPSA) is 66.9 Å².